The van der Waals surface area contributed by atoms with Crippen LogP contribution in [0.25, 0.3) is 0 Å². The molecule has 4 aliphatic carbocycles. The highest BCUT2D eigenvalue weighted by Crippen LogP contribution is 2.60. The van der Waals surface area contributed by atoms with Gasteiger partial charge in [0.2, 0.25) is 0 Å². The van der Waals surface area contributed by atoms with Crippen molar-refractivity contribution in [2.45, 2.75) is 71.6 Å². The largest absolute Gasteiger partial charge is 0.507 e. The summed E-state index contributed by atoms with van der Waals surface area (Å²) in [5, 5.41) is 10.8. The number of hydrogen-bond donors (Lipinski definition) is 1. The van der Waals surface area contributed by atoms with Gasteiger partial charge in [-0.05, 0) is 114 Å². The van der Waals surface area contributed by atoms with Crippen molar-refractivity contribution in [2.24, 2.45) is 45.9 Å². The number of phenols is 1. The minimum atomic E-state index is -0.126. The second-order valence-electron chi connectivity index (χ2n) is 14.5. The second kappa shape index (κ2) is 12.2. The summed E-state index contributed by atoms with van der Waals surface area (Å²) in [4.78, 5) is 4.63. The van der Waals surface area contributed by atoms with Gasteiger partial charge in [0, 0.05) is 23.8 Å². The minimum absolute atomic E-state index is 0.126. The fraction of sp³-hybridized carbons (Fsp3) is 0.439. The molecule has 2 heteroatoms. The number of benzene rings is 2. The Morgan fingerprint density at radius 1 is 0.791 bits per heavy atom. The SMILES string of the molecule is CC(C)(C)c1cccc(C=Nc2ccc(C#CCCC(C)(C3CCC4C=CC=CC43)C3CCC4C=CC=CC43)cc2)c1O. The van der Waals surface area contributed by atoms with E-state index in [0.717, 1.165) is 47.1 Å². The molecule has 0 aliphatic heterocycles. The van der Waals surface area contributed by atoms with Crippen molar-refractivity contribution in [3.63, 3.8) is 0 Å². The van der Waals surface area contributed by atoms with Crippen molar-refractivity contribution in [2.75, 3.05) is 0 Å². The number of phenolic OH excluding ortho intramolecular Hbond substituents is 1. The molecule has 6 rings (SSSR count). The number of aliphatic imine (C=N–C) groups is 1. The second-order valence-corrected chi connectivity index (χ2v) is 14.5. The summed E-state index contributed by atoms with van der Waals surface area (Å²) in [7, 11) is 0. The van der Waals surface area contributed by atoms with Crippen LogP contribution in [0, 0.1) is 52.8 Å². The van der Waals surface area contributed by atoms with E-state index >= 15 is 0 Å². The maximum atomic E-state index is 10.8. The highest BCUT2D eigenvalue weighted by molar-refractivity contribution is 5.86. The molecule has 0 amide bonds. The Balaban J connectivity index is 1.14. The lowest BCUT2D eigenvalue weighted by Gasteiger charge is -2.46. The summed E-state index contributed by atoms with van der Waals surface area (Å²) in [6.07, 6.45) is 28.2. The van der Waals surface area contributed by atoms with Gasteiger partial charge in [-0.25, -0.2) is 0 Å². The van der Waals surface area contributed by atoms with Gasteiger partial charge in [0.1, 0.15) is 5.75 Å². The van der Waals surface area contributed by atoms with Crippen molar-refractivity contribution >= 4 is 11.9 Å². The molecule has 0 saturated heterocycles. The van der Waals surface area contributed by atoms with Crippen LogP contribution in [0.4, 0.5) is 5.69 Å². The molecule has 2 fully saturated rings. The van der Waals surface area contributed by atoms with E-state index in [-0.39, 0.29) is 10.8 Å². The first-order valence-corrected chi connectivity index (χ1v) is 16.4. The third-order valence-electron chi connectivity index (χ3n) is 11.0. The number of hydrogen-bond acceptors (Lipinski definition) is 2. The van der Waals surface area contributed by atoms with Crippen LogP contribution in [0.5, 0.6) is 5.75 Å². The van der Waals surface area contributed by atoms with Crippen molar-refractivity contribution in [1.29, 1.82) is 0 Å². The first kappa shape index (κ1) is 29.5. The molecule has 6 unspecified atom stereocenters. The van der Waals surface area contributed by atoms with Gasteiger partial charge in [-0.15, -0.1) is 0 Å². The van der Waals surface area contributed by atoms with Crippen LogP contribution in [-0.4, -0.2) is 11.3 Å². The third-order valence-corrected chi connectivity index (χ3v) is 11.0. The molecule has 222 valence electrons. The summed E-state index contributed by atoms with van der Waals surface area (Å²) in [5.41, 5.74) is 3.71. The van der Waals surface area contributed by atoms with Crippen LogP contribution in [-0.2, 0) is 5.41 Å². The van der Waals surface area contributed by atoms with Crippen LogP contribution in [0.15, 0.2) is 96.1 Å². The standard InChI is InChI=1S/C41H47NO/c1-40(2,3)38-18-11-15-32(39(38)43)28-42-33-23-19-29(20-24-33)12-9-10-27-41(4,36-25-21-30-13-5-7-16-34(30)36)37-26-22-31-14-6-8-17-35(31)37/h5-8,11,13-20,23-24,28,30-31,34-37,43H,10,21-22,25-27H2,1-4H3. The molecule has 2 aromatic rings. The Bertz CT molecular complexity index is 1470. The summed E-state index contributed by atoms with van der Waals surface area (Å²) in [5.74, 6) is 11.6. The van der Waals surface area contributed by atoms with Gasteiger partial charge in [-0.2, -0.15) is 0 Å². The minimum Gasteiger partial charge on any atom is -0.507 e. The molecular weight excluding hydrogens is 522 g/mol. The fourth-order valence-corrected chi connectivity index (χ4v) is 8.64. The van der Waals surface area contributed by atoms with Crippen molar-refractivity contribution in [3.8, 4) is 17.6 Å². The molecular formula is C41H47NO. The number of para-hydroxylation sites is 1. The van der Waals surface area contributed by atoms with Gasteiger partial charge in [-0.3, -0.25) is 4.99 Å². The molecule has 2 nitrogen and oxygen atoms in total. The monoisotopic (exact) mass is 569 g/mol. The lowest BCUT2D eigenvalue weighted by atomic mass is 9.58. The highest BCUT2D eigenvalue weighted by Gasteiger charge is 2.52. The van der Waals surface area contributed by atoms with Gasteiger partial charge in [0.05, 0.1) is 5.69 Å². The van der Waals surface area contributed by atoms with Crippen molar-refractivity contribution < 1.29 is 5.11 Å². The number of nitrogens with zero attached hydrogens (tertiary/aromatic N) is 1. The van der Waals surface area contributed by atoms with E-state index in [9.17, 15) is 5.11 Å². The van der Waals surface area contributed by atoms with Gasteiger partial charge >= 0.3 is 0 Å². The predicted octanol–water partition coefficient (Wildman–Crippen LogP) is 10.1. The van der Waals surface area contributed by atoms with E-state index in [0.29, 0.717) is 29.4 Å². The van der Waals surface area contributed by atoms with Crippen LogP contribution < -0.4 is 0 Å². The molecule has 2 saturated carbocycles. The van der Waals surface area contributed by atoms with Crippen LogP contribution in [0.1, 0.15) is 82.9 Å². The normalized spacial score (nSPS) is 28.8. The number of fused-ring (bicyclic) bond motifs is 2. The molecule has 4 aliphatic rings. The Morgan fingerprint density at radius 2 is 1.40 bits per heavy atom. The van der Waals surface area contributed by atoms with E-state index in [1.165, 1.54) is 25.7 Å². The lowest BCUT2D eigenvalue weighted by Crippen LogP contribution is -2.40. The first-order valence-electron chi connectivity index (χ1n) is 16.4. The summed E-state index contributed by atoms with van der Waals surface area (Å²) in [6, 6.07) is 14.0. The van der Waals surface area contributed by atoms with E-state index in [2.05, 4.69) is 105 Å². The summed E-state index contributed by atoms with van der Waals surface area (Å²) < 4.78 is 0. The van der Waals surface area contributed by atoms with Crippen molar-refractivity contribution in [3.05, 3.63) is 108 Å². The third kappa shape index (κ3) is 6.10. The van der Waals surface area contributed by atoms with E-state index in [1.54, 1.807) is 6.21 Å². The van der Waals surface area contributed by atoms with Gasteiger partial charge in [0.15, 0.2) is 0 Å². The average molecular weight is 570 g/mol. The Hall–Kier alpha value is -3.57. The zero-order valence-corrected chi connectivity index (χ0v) is 26.3. The number of aromatic hydroxyl groups is 1. The first-order chi connectivity index (χ1) is 20.7. The topological polar surface area (TPSA) is 32.6 Å². The molecule has 0 spiro atoms. The van der Waals surface area contributed by atoms with Crippen LogP contribution in [0.2, 0.25) is 0 Å². The summed E-state index contributed by atoms with van der Waals surface area (Å²) in [6.45, 7) is 8.94. The Labute approximate surface area is 259 Å². The van der Waals surface area contributed by atoms with E-state index in [1.807, 2.05) is 30.3 Å². The molecule has 0 heterocycles. The molecule has 6 atom stereocenters. The molecule has 1 N–H and O–H groups in total. The molecule has 0 aromatic heterocycles. The van der Waals surface area contributed by atoms with E-state index < -0.39 is 0 Å². The maximum absolute atomic E-state index is 10.8. The maximum Gasteiger partial charge on any atom is 0.128 e. The smallest absolute Gasteiger partial charge is 0.128 e. The Morgan fingerprint density at radius 3 is 2.00 bits per heavy atom. The quantitative estimate of drug-likeness (QED) is 0.272. The van der Waals surface area contributed by atoms with Crippen LogP contribution in [0.3, 0.4) is 0 Å². The lowest BCUT2D eigenvalue weighted by molar-refractivity contribution is 0.0462. The number of allylic oxidation sites excluding steroid dienone is 8. The molecule has 2 aromatic carbocycles. The van der Waals surface area contributed by atoms with Gasteiger partial charge in [-0.1, -0.05) is 100 Å². The highest BCUT2D eigenvalue weighted by atomic mass is 16.3. The van der Waals surface area contributed by atoms with Gasteiger partial charge in [0.25, 0.3) is 0 Å². The molecule has 0 radical (unpaired) electrons. The predicted molar refractivity (Wildman–Crippen MR) is 181 cm³/mol. The van der Waals surface area contributed by atoms with Gasteiger partial charge < -0.3 is 5.11 Å². The molecule has 43 heavy (non-hydrogen) atoms. The summed E-state index contributed by atoms with van der Waals surface area (Å²) >= 11 is 0. The fourth-order valence-electron chi connectivity index (χ4n) is 8.64. The Kier molecular flexibility index (Phi) is 8.37. The van der Waals surface area contributed by atoms with Crippen molar-refractivity contribution in [1.82, 2.24) is 0 Å². The zero-order valence-electron chi connectivity index (χ0n) is 26.3. The van der Waals surface area contributed by atoms with E-state index in [4.69, 9.17) is 0 Å². The average Bonchev–Trinajstić information content (AvgIpc) is 3.64. The molecule has 0 bridgehead atoms. The van der Waals surface area contributed by atoms with Crippen LogP contribution >= 0.6 is 0 Å². The zero-order chi connectivity index (χ0) is 30.0. The number of rotatable bonds is 6.